The number of rotatable bonds is 6. The van der Waals surface area contributed by atoms with E-state index in [2.05, 4.69) is 15.3 Å². The summed E-state index contributed by atoms with van der Waals surface area (Å²) in [7, 11) is 0. The lowest BCUT2D eigenvalue weighted by atomic mass is 10.1. The lowest BCUT2D eigenvalue weighted by molar-refractivity contribution is -0.117. The average Bonchev–Trinajstić information content (AvgIpc) is 2.68. The Morgan fingerprint density at radius 1 is 1.00 bits per heavy atom. The van der Waals surface area contributed by atoms with Crippen LogP contribution in [0, 0.1) is 0 Å². The van der Waals surface area contributed by atoms with Gasteiger partial charge in [0, 0.05) is 18.6 Å². The molecule has 130 valence electrons. The van der Waals surface area contributed by atoms with Crippen LogP contribution in [-0.4, -0.2) is 21.9 Å². The Labute approximate surface area is 152 Å². The molecule has 0 aliphatic rings. The summed E-state index contributed by atoms with van der Waals surface area (Å²) in [6.07, 6.45) is 11.2. The molecule has 5 heteroatoms. The van der Waals surface area contributed by atoms with Gasteiger partial charge < -0.3 is 11.1 Å². The fourth-order valence-corrected chi connectivity index (χ4v) is 2.48. The lowest BCUT2D eigenvalue weighted by Gasteiger charge is -2.12. The molecule has 1 atom stereocenters. The quantitative estimate of drug-likeness (QED) is 0.720. The van der Waals surface area contributed by atoms with Gasteiger partial charge in [0.2, 0.25) is 5.91 Å². The van der Waals surface area contributed by atoms with Gasteiger partial charge in [0.1, 0.15) is 0 Å². The normalized spacial score (nSPS) is 12.0. The highest BCUT2D eigenvalue weighted by atomic mass is 16.2. The first-order valence-corrected chi connectivity index (χ1v) is 8.34. The lowest BCUT2D eigenvalue weighted by Crippen LogP contribution is -2.37. The van der Waals surface area contributed by atoms with Crippen molar-refractivity contribution < 1.29 is 4.79 Å². The number of carbonyl (C=O) groups is 1. The maximum absolute atomic E-state index is 12.3. The van der Waals surface area contributed by atoms with Crippen molar-refractivity contribution in [2.45, 2.75) is 12.5 Å². The SMILES string of the molecule is NC(Cc1ccccc1)C(=O)Nc1cncc(C=Cc2ccncc2)c1. The molecule has 2 heterocycles. The number of anilines is 1. The second-order valence-electron chi connectivity index (χ2n) is 5.91. The number of pyridine rings is 2. The van der Waals surface area contributed by atoms with Crippen LogP contribution in [0.4, 0.5) is 5.69 Å². The minimum Gasteiger partial charge on any atom is -0.323 e. The zero-order chi connectivity index (χ0) is 18.2. The molecule has 0 aliphatic carbocycles. The van der Waals surface area contributed by atoms with Crippen LogP contribution in [0.15, 0.2) is 73.3 Å². The van der Waals surface area contributed by atoms with Gasteiger partial charge in [-0.2, -0.15) is 0 Å². The van der Waals surface area contributed by atoms with Crippen molar-refractivity contribution in [3.63, 3.8) is 0 Å². The first kappa shape index (κ1) is 17.5. The molecule has 5 nitrogen and oxygen atoms in total. The predicted molar refractivity (Wildman–Crippen MR) is 104 cm³/mol. The van der Waals surface area contributed by atoms with Crippen molar-refractivity contribution >= 4 is 23.7 Å². The number of aromatic nitrogens is 2. The summed E-state index contributed by atoms with van der Waals surface area (Å²) >= 11 is 0. The van der Waals surface area contributed by atoms with Crippen LogP contribution in [-0.2, 0) is 11.2 Å². The highest BCUT2D eigenvalue weighted by molar-refractivity contribution is 5.95. The molecule has 3 aromatic rings. The molecule has 26 heavy (non-hydrogen) atoms. The molecule has 0 saturated carbocycles. The molecule has 0 bridgehead atoms. The van der Waals surface area contributed by atoms with E-state index in [4.69, 9.17) is 5.73 Å². The second-order valence-corrected chi connectivity index (χ2v) is 5.91. The molecule has 1 unspecified atom stereocenters. The number of hydrogen-bond acceptors (Lipinski definition) is 4. The molecule has 3 N–H and O–H groups in total. The van der Waals surface area contributed by atoms with Gasteiger partial charge in [-0.25, -0.2) is 0 Å². The predicted octanol–water partition coefficient (Wildman–Crippen LogP) is 3.16. The topological polar surface area (TPSA) is 80.9 Å². The number of hydrogen-bond donors (Lipinski definition) is 2. The molecular formula is C21H20N4O. The van der Waals surface area contributed by atoms with E-state index in [0.29, 0.717) is 12.1 Å². The molecule has 1 aromatic carbocycles. The van der Waals surface area contributed by atoms with Crippen molar-refractivity contribution in [1.82, 2.24) is 9.97 Å². The van der Waals surface area contributed by atoms with Crippen molar-refractivity contribution in [1.29, 1.82) is 0 Å². The largest absolute Gasteiger partial charge is 0.323 e. The molecule has 1 amide bonds. The van der Waals surface area contributed by atoms with Crippen LogP contribution in [0.1, 0.15) is 16.7 Å². The third kappa shape index (κ3) is 5.09. The van der Waals surface area contributed by atoms with Crippen LogP contribution in [0.3, 0.4) is 0 Å². The number of amides is 1. The minimum absolute atomic E-state index is 0.231. The number of benzene rings is 1. The molecule has 3 rings (SSSR count). The van der Waals surface area contributed by atoms with E-state index in [-0.39, 0.29) is 5.91 Å². The van der Waals surface area contributed by atoms with E-state index in [1.807, 2.05) is 60.7 Å². The Morgan fingerprint density at radius 3 is 2.50 bits per heavy atom. The smallest absolute Gasteiger partial charge is 0.241 e. The summed E-state index contributed by atoms with van der Waals surface area (Å²) in [5.74, 6) is -0.231. The second kappa shape index (κ2) is 8.69. The summed E-state index contributed by atoms with van der Waals surface area (Å²) in [4.78, 5) is 20.5. The maximum Gasteiger partial charge on any atom is 0.241 e. The summed E-state index contributed by atoms with van der Waals surface area (Å²) in [5.41, 5.74) is 9.59. The van der Waals surface area contributed by atoms with E-state index >= 15 is 0 Å². The van der Waals surface area contributed by atoms with E-state index in [1.54, 1.807) is 24.8 Å². The number of nitrogens with two attached hydrogens (primary N) is 1. The van der Waals surface area contributed by atoms with Crippen molar-refractivity contribution in [2.75, 3.05) is 5.32 Å². The Hall–Kier alpha value is -3.31. The van der Waals surface area contributed by atoms with Gasteiger partial charge >= 0.3 is 0 Å². The highest BCUT2D eigenvalue weighted by Crippen LogP contribution is 2.13. The number of nitrogens with zero attached hydrogens (tertiary/aromatic N) is 2. The summed E-state index contributed by atoms with van der Waals surface area (Å²) in [6, 6.07) is 14.8. The van der Waals surface area contributed by atoms with E-state index in [0.717, 1.165) is 16.7 Å². The zero-order valence-electron chi connectivity index (χ0n) is 14.2. The van der Waals surface area contributed by atoms with Crippen LogP contribution >= 0.6 is 0 Å². The molecule has 0 aliphatic heterocycles. The van der Waals surface area contributed by atoms with Crippen molar-refractivity contribution in [3.8, 4) is 0 Å². The van der Waals surface area contributed by atoms with Gasteiger partial charge in [0.25, 0.3) is 0 Å². The summed E-state index contributed by atoms with van der Waals surface area (Å²) < 4.78 is 0. The molecule has 0 radical (unpaired) electrons. The van der Waals surface area contributed by atoms with Gasteiger partial charge in [-0.3, -0.25) is 14.8 Å². The van der Waals surface area contributed by atoms with Gasteiger partial charge in [0.05, 0.1) is 17.9 Å². The third-order valence-corrected chi connectivity index (χ3v) is 3.84. The van der Waals surface area contributed by atoms with E-state index in [1.165, 1.54) is 0 Å². The van der Waals surface area contributed by atoms with E-state index in [9.17, 15) is 4.79 Å². The average molecular weight is 344 g/mol. The summed E-state index contributed by atoms with van der Waals surface area (Å²) in [5, 5.41) is 2.83. The Morgan fingerprint density at radius 2 is 1.73 bits per heavy atom. The minimum atomic E-state index is -0.617. The number of carbonyl (C=O) groups excluding carboxylic acids is 1. The Kier molecular flexibility index (Phi) is 5.85. The summed E-state index contributed by atoms with van der Waals surface area (Å²) in [6.45, 7) is 0. The molecular weight excluding hydrogens is 324 g/mol. The van der Waals surface area contributed by atoms with Crippen LogP contribution in [0.5, 0.6) is 0 Å². The standard InChI is InChI=1S/C21H20N4O/c22-20(13-17-4-2-1-3-5-17)21(26)25-19-12-18(14-24-15-19)7-6-16-8-10-23-11-9-16/h1-12,14-15,20H,13,22H2,(H,25,26). The van der Waals surface area contributed by atoms with Crippen LogP contribution < -0.4 is 11.1 Å². The molecule has 2 aromatic heterocycles. The Balaban J connectivity index is 1.62. The molecule has 0 saturated heterocycles. The maximum atomic E-state index is 12.3. The van der Waals surface area contributed by atoms with Crippen LogP contribution in [0.2, 0.25) is 0 Å². The highest BCUT2D eigenvalue weighted by Gasteiger charge is 2.14. The fourth-order valence-electron chi connectivity index (χ4n) is 2.48. The van der Waals surface area contributed by atoms with Gasteiger partial charge in [-0.1, -0.05) is 42.5 Å². The van der Waals surface area contributed by atoms with E-state index < -0.39 is 6.04 Å². The molecule has 0 fully saturated rings. The first-order chi connectivity index (χ1) is 12.7. The molecule has 0 spiro atoms. The fraction of sp³-hybridized carbons (Fsp3) is 0.0952. The number of nitrogens with one attached hydrogen (secondary N) is 1. The Bertz CT molecular complexity index is 879. The first-order valence-electron chi connectivity index (χ1n) is 8.34. The zero-order valence-corrected chi connectivity index (χ0v) is 14.2. The van der Waals surface area contributed by atoms with Crippen molar-refractivity contribution in [2.24, 2.45) is 5.73 Å². The van der Waals surface area contributed by atoms with Gasteiger partial charge in [-0.05, 0) is 41.3 Å². The third-order valence-electron chi connectivity index (χ3n) is 3.84. The van der Waals surface area contributed by atoms with Crippen LogP contribution in [0.25, 0.3) is 12.2 Å². The van der Waals surface area contributed by atoms with Gasteiger partial charge in [-0.15, -0.1) is 0 Å². The van der Waals surface area contributed by atoms with Gasteiger partial charge in [0.15, 0.2) is 0 Å². The monoisotopic (exact) mass is 344 g/mol. The van der Waals surface area contributed by atoms with Crippen molar-refractivity contribution in [3.05, 3.63) is 90.0 Å².